The number of carbonyl (C=O) groups excluding carboxylic acids is 1. The maximum atomic E-state index is 10.9. The molecule has 0 aromatic rings. The molecule has 0 saturated heterocycles. The van der Waals surface area contributed by atoms with Gasteiger partial charge < -0.3 is 20.9 Å². The van der Waals surface area contributed by atoms with E-state index in [1.54, 1.807) is 0 Å². The average Bonchev–Trinajstić information content (AvgIpc) is 2.23. The minimum absolute atomic E-state index is 0.300. The highest BCUT2D eigenvalue weighted by molar-refractivity contribution is 14.2. The van der Waals surface area contributed by atoms with Gasteiger partial charge in [-0.15, -0.1) is 0 Å². The van der Waals surface area contributed by atoms with E-state index in [0.717, 1.165) is 6.42 Å². The van der Waals surface area contributed by atoms with Crippen LogP contribution < -0.4 is 16.1 Å². The highest BCUT2D eigenvalue weighted by Gasteiger charge is 2.12. The lowest BCUT2D eigenvalue weighted by molar-refractivity contribution is -0.142. The Labute approximate surface area is 104 Å². The molecule has 0 aromatic carbocycles. The van der Waals surface area contributed by atoms with Gasteiger partial charge in [-0.2, -0.15) is 0 Å². The number of hydrogen-bond acceptors (Lipinski definition) is 4. The summed E-state index contributed by atoms with van der Waals surface area (Å²) in [5.74, 6) is -0.0914. The lowest BCUT2D eigenvalue weighted by Crippen LogP contribution is -2.35. The smallest absolute Gasteiger partial charge is 0.322 e. The fraction of sp³-hybridized carbons (Fsp3) is 0.714. The summed E-state index contributed by atoms with van der Waals surface area (Å²) in [7, 11) is 1.32. The Kier molecular flexibility index (Phi) is 9.03. The van der Waals surface area contributed by atoms with Crippen LogP contribution in [0.15, 0.2) is 0 Å². The predicted octanol–water partition coefficient (Wildman–Crippen LogP) is 0.324. The zero-order valence-electron chi connectivity index (χ0n) is 8.47. The summed E-state index contributed by atoms with van der Waals surface area (Å²) in [5, 5.41) is 13.0. The molecule has 0 rings (SSSR count). The van der Waals surface area contributed by atoms with Gasteiger partial charge in [-0.3, -0.25) is 10.2 Å². The minimum atomic E-state index is -0.564. The number of methoxy groups -OCH3 is 1. The van der Waals surface area contributed by atoms with E-state index in [1.807, 2.05) is 0 Å². The number of carbonyl (C=O) groups is 1. The molecule has 1 unspecified atom stereocenters. The Balaban J connectivity index is 3.46. The van der Waals surface area contributed by atoms with Crippen LogP contribution >= 0.6 is 28.4 Å². The third-order valence-corrected chi connectivity index (χ3v) is 2.82. The number of nitrogens with two attached hydrogens (primary N) is 1. The van der Waals surface area contributed by atoms with Crippen molar-refractivity contribution in [3.05, 3.63) is 0 Å². The summed E-state index contributed by atoms with van der Waals surface area (Å²) >= 11 is 2.14. The topological polar surface area (TPSA) is 100 Å². The van der Waals surface area contributed by atoms with Gasteiger partial charge in [0.15, 0.2) is 5.96 Å². The molecule has 2 atom stereocenters. The van der Waals surface area contributed by atoms with Crippen molar-refractivity contribution in [2.75, 3.05) is 13.7 Å². The second-order valence-electron chi connectivity index (χ2n) is 2.79. The Morgan fingerprint density at radius 1 is 1.73 bits per heavy atom. The Morgan fingerprint density at radius 2 is 2.40 bits per heavy atom. The molecule has 6 nitrogen and oxygen atoms in total. The standard InChI is InChI=1S/C7H16IN4O2P/c1-14-6(13)5(9)3-2-4-11-7(10)12-15-8/h5,15H,2-4,9H2,1H3,(H3,10,11,12)/t5-/m0/s1. The maximum Gasteiger partial charge on any atom is 0.322 e. The van der Waals surface area contributed by atoms with Crippen molar-refractivity contribution < 1.29 is 9.53 Å². The number of rotatable bonds is 6. The van der Waals surface area contributed by atoms with Crippen LogP contribution in [0, 0.1) is 5.41 Å². The van der Waals surface area contributed by atoms with Crippen LogP contribution in [0.3, 0.4) is 0 Å². The molecule has 0 aliphatic carbocycles. The molecule has 0 aliphatic heterocycles. The van der Waals surface area contributed by atoms with Gasteiger partial charge in [-0.25, -0.2) is 0 Å². The fourth-order valence-electron chi connectivity index (χ4n) is 0.896. The second-order valence-corrected chi connectivity index (χ2v) is 4.85. The van der Waals surface area contributed by atoms with Gasteiger partial charge in [0.25, 0.3) is 0 Å². The number of halogens is 1. The van der Waals surface area contributed by atoms with Crippen molar-refractivity contribution in [3.63, 3.8) is 0 Å². The molecule has 15 heavy (non-hydrogen) atoms. The van der Waals surface area contributed by atoms with Crippen LogP contribution in [0.4, 0.5) is 0 Å². The molecular weight excluding hydrogens is 330 g/mol. The maximum absolute atomic E-state index is 10.9. The van der Waals surface area contributed by atoms with Crippen LogP contribution in [0.2, 0.25) is 0 Å². The Morgan fingerprint density at radius 3 is 2.93 bits per heavy atom. The molecule has 0 amide bonds. The summed E-state index contributed by atoms with van der Waals surface area (Å²) in [6, 6.07) is -0.564. The van der Waals surface area contributed by atoms with Gasteiger partial charge in [0.2, 0.25) is 0 Å². The normalized spacial score (nSPS) is 12.5. The first-order valence-corrected chi connectivity index (χ1v) is 8.50. The minimum Gasteiger partial charge on any atom is -0.468 e. The van der Waals surface area contributed by atoms with Crippen LogP contribution in [0.1, 0.15) is 12.8 Å². The van der Waals surface area contributed by atoms with Gasteiger partial charge in [0, 0.05) is 12.9 Å². The molecule has 0 heterocycles. The predicted molar refractivity (Wildman–Crippen MR) is 70.4 cm³/mol. The van der Waals surface area contributed by atoms with Crippen LogP contribution in [-0.2, 0) is 9.53 Å². The highest BCUT2D eigenvalue weighted by Crippen LogP contribution is 2.12. The van der Waals surface area contributed by atoms with Gasteiger partial charge in [-0.05, 0) is 34.9 Å². The first kappa shape index (κ1) is 14.9. The molecule has 0 fully saturated rings. The van der Waals surface area contributed by atoms with Crippen molar-refractivity contribution in [3.8, 4) is 0 Å². The number of esters is 1. The largest absolute Gasteiger partial charge is 0.468 e. The highest BCUT2D eigenvalue weighted by atomic mass is 127. The molecule has 88 valence electrons. The lowest BCUT2D eigenvalue weighted by atomic mass is 10.2. The number of guanidine groups is 1. The lowest BCUT2D eigenvalue weighted by Gasteiger charge is -2.10. The first-order valence-electron chi connectivity index (χ1n) is 4.39. The van der Waals surface area contributed by atoms with Crippen LogP contribution in [0.5, 0.6) is 0 Å². The van der Waals surface area contributed by atoms with Crippen molar-refractivity contribution in [2.45, 2.75) is 18.9 Å². The molecule has 5 N–H and O–H groups in total. The van der Waals surface area contributed by atoms with Gasteiger partial charge in [0.1, 0.15) is 6.04 Å². The van der Waals surface area contributed by atoms with Crippen molar-refractivity contribution >= 4 is 40.3 Å². The molecule has 8 heteroatoms. The SMILES string of the molecule is COC(=O)[C@@H](N)CCCNC(=N)NPI. The second kappa shape index (κ2) is 9.11. The van der Waals surface area contributed by atoms with E-state index >= 15 is 0 Å². The number of hydrogen-bond donors (Lipinski definition) is 4. The zero-order valence-corrected chi connectivity index (χ0v) is 11.6. The molecule has 0 saturated carbocycles. The fourth-order valence-corrected chi connectivity index (χ4v) is 1.89. The number of nitrogens with one attached hydrogen (secondary N) is 3. The van der Waals surface area contributed by atoms with E-state index in [2.05, 4.69) is 37.2 Å². The van der Waals surface area contributed by atoms with E-state index in [1.165, 1.54) is 7.11 Å². The third-order valence-electron chi connectivity index (χ3n) is 1.67. The summed E-state index contributed by atoms with van der Waals surface area (Å²) in [5.41, 5.74) is 5.53. The third kappa shape index (κ3) is 7.75. The molecular formula is C7H16IN4O2P. The van der Waals surface area contributed by atoms with Crippen molar-refractivity contribution in [1.29, 1.82) is 5.41 Å². The van der Waals surface area contributed by atoms with Gasteiger partial charge in [0.05, 0.1) is 7.11 Å². The summed E-state index contributed by atoms with van der Waals surface area (Å²) < 4.78 is 4.49. The van der Waals surface area contributed by atoms with E-state index in [-0.39, 0.29) is 0 Å². The monoisotopic (exact) mass is 346 g/mol. The Hall–Kier alpha value is -0.140. The molecule has 0 radical (unpaired) electrons. The van der Waals surface area contributed by atoms with E-state index in [9.17, 15) is 4.79 Å². The number of ether oxygens (including phenoxy) is 1. The molecule has 0 aromatic heterocycles. The molecule has 0 bridgehead atoms. The quantitative estimate of drug-likeness (QED) is 0.139. The summed E-state index contributed by atoms with van der Waals surface area (Å²) in [4.78, 5) is 10.9. The van der Waals surface area contributed by atoms with Crippen molar-refractivity contribution in [1.82, 2.24) is 10.4 Å². The van der Waals surface area contributed by atoms with E-state index in [4.69, 9.17) is 11.1 Å². The molecule has 0 aliphatic rings. The zero-order chi connectivity index (χ0) is 11.7. The summed E-state index contributed by atoms with van der Waals surface area (Å²) in [6.45, 7) is 0.623. The first-order chi connectivity index (χ1) is 7.11. The average molecular weight is 346 g/mol. The van der Waals surface area contributed by atoms with Gasteiger partial charge in [-0.1, -0.05) is 0 Å². The van der Waals surface area contributed by atoms with Crippen LogP contribution in [-0.4, -0.2) is 31.6 Å². The summed E-state index contributed by atoms with van der Waals surface area (Å²) in [6.07, 6.45) is 1.76. The van der Waals surface area contributed by atoms with E-state index in [0.29, 0.717) is 25.3 Å². The van der Waals surface area contributed by atoms with Crippen LogP contribution in [0.25, 0.3) is 0 Å². The molecule has 0 spiro atoms. The van der Waals surface area contributed by atoms with Gasteiger partial charge >= 0.3 is 5.97 Å². The van der Waals surface area contributed by atoms with E-state index < -0.39 is 12.0 Å². The van der Waals surface area contributed by atoms with Crippen molar-refractivity contribution in [2.24, 2.45) is 5.73 Å². The Bertz CT molecular complexity index is 217.